The summed E-state index contributed by atoms with van der Waals surface area (Å²) in [7, 11) is 3.21. The smallest absolute Gasteiger partial charge is 0.221 e. The van der Waals surface area contributed by atoms with Gasteiger partial charge < -0.3 is 20.9 Å². The predicted molar refractivity (Wildman–Crippen MR) is 86.9 cm³/mol. The van der Waals surface area contributed by atoms with Crippen LogP contribution in [0, 0.1) is 0 Å². The highest BCUT2D eigenvalue weighted by Crippen LogP contribution is 2.42. The van der Waals surface area contributed by atoms with E-state index in [2.05, 4.69) is 9.97 Å². The van der Waals surface area contributed by atoms with E-state index in [4.69, 9.17) is 20.9 Å². The van der Waals surface area contributed by atoms with E-state index < -0.39 is 0 Å². The lowest BCUT2D eigenvalue weighted by molar-refractivity contribution is 0.358. The number of anilines is 2. The molecule has 1 heterocycles. The third-order valence-corrected chi connectivity index (χ3v) is 3.51. The van der Waals surface area contributed by atoms with Crippen molar-refractivity contribution in [3.8, 4) is 22.6 Å². The number of nitrogens with zero attached hydrogens (tertiary/aromatic N) is 2. The first-order chi connectivity index (χ1) is 10.7. The molecule has 0 spiro atoms. The molecule has 4 N–H and O–H groups in total. The first-order valence-corrected chi connectivity index (χ1v) is 6.67. The SMILES string of the molecule is COc1cc(-c2cnc(N)nc2N)c2ccccc2c1OC. The second kappa shape index (κ2) is 5.40. The van der Waals surface area contributed by atoms with Crippen LogP contribution in [0.5, 0.6) is 11.5 Å². The number of hydrogen-bond acceptors (Lipinski definition) is 6. The van der Waals surface area contributed by atoms with Gasteiger partial charge in [-0.3, -0.25) is 0 Å². The van der Waals surface area contributed by atoms with Gasteiger partial charge in [-0.2, -0.15) is 4.98 Å². The number of benzene rings is 2. The molecule has 22 heavy (non-hydrogen) atoms. The van der Waals surface area contributed by atoms with E-state index in [9.17, 15) is 0 Å². The Morgan fingerprint density at radius 2 is 1.68 bits per heavy atom. The van der Waals surface area contributed by atoms with Crippen LogP contribution in [0.4, 0.5) is 11.8 Å². The number of fused-ring (bicyclic) bond motifs is 1. The highest BCUT2D eigenvalue weighted by atomic mass is 16.5. The van der Waals surface area contributed by atoms with Gasteiger partial charge in [0.25, 0.3) is 0 Å². The lowest BCUT2D eigenvalue weighted by Crippen LogP contribution is -2.02. The predicted octanol–water partition coefficient (Wildman–Crippen LogP) is 2.48. The van der Waals surface area contributed by atoms with E-state index >= 15 is 0 Å². The highest BCUT2D eigenvalue weighted by molar-refractivity contribution is 6.03. The van der Waals surface area contributed by atoms with Crippen LogP contribution in [0.15, 0.2) is 36.5 Å². The van der Waals surface area contributed by atoms with Crippen molar-refractivity contribution >= 4 is 22.5 Å². The number of aromatic nitrogens is 2. The molecule has 0 amide bonds. The summed E-state index contributed by atoms with van der Waals surface area (Å²) in [4.78, 5) is 8.06. The van der Waals surface area contributed by atoms with Crippen LogP contribution in [0.1, 0.15) is 0 Å². The molecule has 0 fully saturated rings. The van der Waals surface area contributed by atoms with Gasteiger partial charge in [0.1, 0.15) is 5.82 Å². The van der Waals surface area contributed by atoms with Gasteiger partial charge in [0.2, 0.25) is 5.95 Å². The van der Waals surface area contributed by atoms with E-state index in [0.717, 1.165) is 16.3 Å². The van der Waals surface area contributed by atoms with Gasteiger partial charge in [0.05, 0.1) is 14.2 Å². The maximum atomic E-state index is 6.00. The normalized spacial score (nSPS) is 10.6. The van der Waals surface area contributed by atoms with E-state index in [1.807, 2.05) is 30.3 Å². The monoisotopic (exact) mass is 296 g/mol. The van der Waals surface area contributed by atoms with Crippen molar-refractivity contribution in [3.63, 3.8) is 0 Å². The van der Waals surface area contributed by atoms with Crippen molar-refractivity contribution in [2.45, 2.75) is 0 Å². The number of nitrogens with two attached hydrogens (primary N) is 2. The molecule has 0 aliphatic heterocycles. The van der Waals surface area contributed by atoms with Gasteiger partial charge in [-0.05, 0) is 17.0 Å². The lowest BCUT2D eigenvalue weighted by atomic mass is 9.98. The zero-order valence-electron chi connectivity index (χ0n) is 12.3. The molecule has 1 aromatic heterocycles. The average molecular weight is 296 g/mol. The molecule has 6 nitrogen and oxygen atoms in total. The fourth-order valence-corrected chi connectivity index (χ4v) is 2.52. The Morgan fingerprint density at radius 1 is 0.955 bits per heavy atom. The van der Waals surface area contributed by atoms with Gasteiger partial charge in [0, 0.05) is 17.1 Å². The molecule has 0 saturated heterocycles. The van der Waals surface area contributed by atoms with Gasteiger partial charge in [-0.15, -0.1) is 0 Å². The van der Waals surface area contributed by atoms with E-state index in [1.54, 1.807) is 20.4 Å². The standard InChI is InChI=1S/C16H16N4O2/c1-21-13-7-11(12-8-19-16(18)20-15(12)17)9-5-3-4-6-10(9)14(13)22-2/h3-8H,1-2H3,(H4,17,18,19,20). The molecule has 3 rings (SSSR count). The van der Waals surface area contributed by atoms with Crippen molar-refractivity contribution in [3.05, 3.63) is 36.5 Å². The van der Waals surface area contributed by atoms with Crippen molar-refractivity contribution in [2.24, 2.45) is 0 Å². The Kier molecular flexibility index (Phi) is 3.42. The molecule has 3 aromatic rings. The molecule has 0 aliphatic carbocycles. The molecule has 6 heteroatoms. The number of ether oxygens (including phenoxy) is 2. The minimum atomic E-state index is 0.144. The minimum Gasteiger partial charge on any atom is -0.493 e. The molecule has 0 atom stereocenters. The Balaban J connectivity index is 2.39. The summed E-state index contributed by atoms with van der Waals surface area (Å²) in [5, 5.41) is 1.90. The summed E-state index contributed by atoms with van der Waals surface area (Å²) in [6.45, 7) is 0. The van der Waals surface area contributed by atoms with Crippen molar-refractivity contribution < 1.29 is 9.47 Å². The summed E-state index contributed by atoms with van der Waals surface area (Å²) in [5.41, 5.74) is 13.1. The number of methoxy groups -OCH3 is 2. The summed E-state index contributed by atoms with van der Waals surface area (Å²) < 4.78 is 10.9. The molecule has 0 aliphatic rings. The van der Waals surface area contributed by atoms with Crippen LogP contribution in [-0.4, -0.2) is 24.2 Å². The van der Waals surface area contributed by atoms with Crippen LogP contribution >= 0.6 is 0 Å². The molecule has 112 valence electrons. The quantitative estimate of drug-likeness (QED) is 0.770. The van der Waals surface area contributed by atoms with Gasteiger partial charge in [0.15, 0.2) is 11.5 Å². The van der Waals surface area contributed by atoms with Crippen LogP contribution in [0.3, 0.4) is 0 Å². The largest absolute Gasteiger partial charge is 0.493 e. The Bertz CT molecular complexity index is 849. The summed E-state index contributed by atoms with van der Waals surface area (Å²) in [5.74, 6) is 1.76. The van der Waals surface area contributed by atoms with Crippen LogP contribution in [0.2, 0.25) is 0 Å². The van der Waals surface area contributed by atoms with Gasteiger partial charge in [-0.25, -0.2) is 4.98 Å². The third-order valence-electron chi connectivity index (χ3n) is 3.51. The average Bonchev–Trinajstić information content (AvgIpc) is 2.53. The zero-order chi connectivity index (χ0) is 15.7. The van der Waals surface area contributed by atoms with Crippen molar-refractivity contribution in [1.82, 2.24) is 9.97 Å². The van der Waals surface area contributed by atoms with Crippen LogP contribution < -0.4 is 20.9 Å². The molecule has 0 radical (unpaired) electrons. The maximum absolute atomic E-state index is 6.00. The van der Waals surface area contributed by atoms with E-state index in [1.165, 1.54) is 0 Å². The second-order valence-corrected chi connectivity index (χ2v) is 4.73. The zero-order valence-corrected chi connectivity index (χ0v) is 12.3. The van der Waals surface area contributed by atoms with E-state index in [0.29, 0.717) is 22.9 Å². The first kappa shape index (κ1) is 13.9. The van der Waals surface area contributed by atoms with Gasteiger partial charge >= 0.3 is 0 Å². The van der Waals surface area contributed by atoms with Crippen LogP contribution in [0.25, 0.3) is 21.9 Å². The summed E-state index contributed by atoms with van der Waals surface area (Å²) in [6.07, 6.45) is 1.62. The van der Waals surface area contributed by atoms with E-state index in [-0.39, 0.29) is 5.95 Å². The summed E-state index contributed by atoms with van der Waals surface area (Å²) >= 11 is 0. The van der Waals surface area contributed by atoms with Gasteiger partial charge in [-0.1, -0.05) is 24.3 Å². The molecule has 0 unspecified atom stereocenters. The Morgan fingerprint density at radius 3 is 2.32 bits per heavy atom. The first-order valence-electron chi connectivity index (χ1n) is 6.67. The number of hydrogen-bond donors (Lipinski definition) is 2. The maximum Gasteiger partial charge on any atom is 0.221 e. The fourth-order valence-electron chi connectivity index (χ4n) is 2.52. The van der Waals surface area contributed by atoms with Crippen molar-refractivity contribution in [2.75, 3.05) is 25.7 Å². The Hall–Kier alpha value is -3.02. The molecule has 0 bridgehead atoms. The topological polar surface area (TPSA) is 96.3 Å². The summed E-state index contributed by atoms with van der Waals surface area (Å²) in [6, 6.07) is 9.71. The number of rotatable bonds is 3. The minimum absolute atomic E-state index is 0.144. The fraction of sp³-hybridized carbons (Fsp3) is 0.125. The molecular formula is C16H16N4O2. The molecule has 0 saturated carbocycles. The highest BCUT2D eigenvalue weighted by Gasteiger charge is 2.16. The van der Waals surface area contributed by atoms with Crippen LogP contribution in [-0.2, 0) is 0 Å². The molecular weight excluding hydrogens is 280 g/mol. The number of nitrogen functional groups attached to an aromatic ring is 2. The second-order valence-electron chi connectivity index (χ2n) is 4.73. The van der Waals surface area contributed by atoms with Crippen molar-refractivity contribution in [1.29, 1.82) is 0 Å². The lowest BCUT2D eigenvalue weighted by Gasteiger charge is -2.15. The third kappa shape index (κ3) is 2.14. The molecule has 2 aromatic carbocycles. The Labute approximate surface area is 127 Å².